The van der Waals surface area contributed by atoms with Gasteiger partial charge in [0.2, 0.25) is 0 Å². The first kappa shape index (κ1) is 16.1. The molecule has 0 aromatic heterocycles. The van der Waals surface area contributed by atoms with E-state index in [9.17, 15) is 0 Å². The molecule has 0 unspecified atom stereocenters. The summed E-state index contributed by atoms with van der Waals surface area (Å²) >= 11 is 3.71. The van der Waals surface area contributed by atoms with Crippen LogP contribution in [0.3, 0.4) is 0 Å². The molecule has 1 aliphatic carbocycles. The van der Waals surface area contributed by atoms with Crippen LogP contribution in [-0.4, -0.2) is 0 Å². The minimum Gasteiger partial charge on any atom is -0.0619 e. The summed E-state index contributed by atoms with van der Waals surface area (Å²) in [5.41, 5.74) is 6.90. The Kier molecular flexibility index (Phi) is 3.48. The Hall–Kier alpha value is -2.90. The SMILES string of the molecule is Brc1ccc2c(c1)[C@@H](c1c3ccccc3cc3ccccc13)c1ccccc1-2. The first-order valence-corrected chi connectivity index (χ1v) is 10.4. The zero-order valence-electron chi connectivity index (χ0n) is 15.2. The lowest BCUT2D eigenvalue weighted by Crippen LogP contribution is -2.02. The molecule has 0 fully saturated rings. The van der Waals surface area contributed by atoms with Gasteiger partial charge in [-0.05, 0) is 67.6 Å². The van der Waals surface area contributed by atoms with E-state index in [-0.39, 0.29) is 5.92 Å². The van der Waals surface area contributed by atoms with Gasteiger partial charge in [-0.15, -0.1) is 0 Å². The van der Waals surface area contributed by atoms with Crippen LogP contribution in [0, 0.1) is 0 Å². The van der Waals surface area contributed by atoms with E-state index in [1.807, 2.05) is 0 Å². The van der Waals surface area contributed by atoms with Crippen LogP contribution >= 0.6 is 15.9 Å². The van der Waals surface area contributed by atoms with Crippen molar-refractivity contribution in [3.05, 3.63) is 118 Å². The third kappa shape index (κ3) is 2.23. The second-order valence-corrected chi connectivity index (χ2v) is 8.40. The summed E-state index contributed by atoms with van der Waals surface area (Å²) in [4.78, 5) is 0. The van der Waals surface area contributed by atoms with Gasteiger partial charge in [-0.2, -0.15) is 0 Å². The molecule has 1 aliphatic rings. The molecule has 0 saturated heterocycles. The average Bonchev–Trinajstić information content (AvgIpc) is 3.05. The lowest BCUT2D eigenvalue weighted by molar-refractivity contribution is 1.04. The van der Waals surface area contributed by atoms with Gasteiger partial charge in [0, 0.05) is 10.4 Å². The largest absolute Gasteiger partial charge is 0.0619 e. The molecule has 0 nitrogen and oxygen atoms in total. The Morgan fingerprint density at radius 3 is 1.89 bits per heavy atom. The van der Waals surface area contributed by atoms with Crippen LogP contribution in [0.1, 0.15) is 22.6 Å². The molecule has 0 saturated carbocycles. The number of benzene rings is 5. The fraction of sp³-hybridized carbons (Fsp3) is 0.0370. The van der Waals surface area contributed by atoms with E-state index in [0.29, 0.717) is 0 Å². The summed E-state index contributed by atoms with van der Waals surface area (Å²) in [6, 6.07) is 35.5. The Bertz CT molecular complexity index is 1330. The zero-order valence-corrected chi connectivity index (χ0v) is 16.8. The molecule has 5 aromatic carbocycles. The van der Waals surface area contributed by atoms with E-state index in [0.717, 1.165) is 4.47 Å². The quantitative estimate of drug-likeness (QED) is 0.237. The Morgan fingerprint density at radius 1 is 0.536 bits per heavy atom. The summed E-state index contributed by atoms with van der Waals surface area (Å²) in [5, 5.41) is 5.29. The molecule has 0 N–H and O–H groups in total. The fourth-order valence-corrected chi connectivity index (χ4v) is 5.23. The van der Waals surface area contributed by atoms with Gasteiger partial charge in [-0.1, -0.05) is 94.8 Å². The minimum atomic E-state index is 0.236. The third-order valence-electron chi connectivity index (χ3n) is 5.99. The lowest BCUT2D eigenvalue weighted by atomic mass is 9.83. The van der Waals surface area contributed by atoms with E-state index in [1.165, 1.54) is 49.4 Å². The minimum absolute atomic E-state index is 0.236. The molecule has 0 aliphatic heterocycles. The lowest BCUT2D eigenvalue weighted by Gasteiger charge is -2.20. The molecule has 0 radical (unpaired) electrons. The first-order chi connectivity index (χ1) is 13.8. The predicted molar refractivity (Wildman–Crippen MR) is 122 cm³/mol. The van der Waals surface area contributed by atoms with E-state index in [2.05, 4.69) is 113 Å². The maximum absolute atomic E-state index is 3.71. The molecule has 0 spiro atoms. The molecule has 0 amide bonds. The van der Waals surface area contributed by atoms with E-state index < -0.39 is 0 Å². The van der Waals surface area contributed by atoms with Crippen molar-refractivity contribution in [1.29, 1.82) is 0 Å². The Balaban J connectivity index is 1.80. The van der Waals surface area contributed by atoms with Crippen molar-refractivity contribution in [1.82, 2.24) is 0 Å². The highest BCUT2D eigenvalue weighted by molar-refractivity contribution is 9.10. The Labute approximate surface area is 172 Å². The molecular weight excluding hydrogens is 404 g/mol. The maximum atomic E-state index is 3.71. The van der Waals surface area contributed by atoms with Crippen molar-refractivity contribution in [2.45, 2.75) is 5.92 Å². The molecule has 5 aromatic rings. The monoisotopic (exact) mass is 420 g/mol. The predicted octanol–water partition coefficient (Wildman–Crippen LogP) is 7.92. The number of hydrogen-bond donors (Lipinski definition) is 0. The summed E-state index contributed by atoms with van der Waals surface area (Å²) in [5.74, 6) is 0.236. The van der Waals surface area contributed by atoms with Crippen LogP contribution < -0.4 is 0 Å². The molecule has 1 atom stereocenters. The van der Waals surface area contributed by atoms with Gasteiger partial charge in [-0.25, -0.2) is 0 Å². The van der Waals surface area contributed by atoms with Crippen molar-refractivity contribution in [3.63, 3.8) is 0 Å². The van der Waals surface area contributed by atoms with Crippen molar-refractivity contribution < 1.29 is 0 Å². The standard InChI is InChI=1S/C27H17Br/c28-19-13-14-23-22-11-5-6-12-24(22)27(25(23)16-19)26-20-9-3-1-7-17(20)15-18-8-2-4-10-21(18)26/h1-16,27H/t27-/m0/s1. The van der Waals surface area contributed by atoms with Crippen LogP contribution in [0.2, 0.25) is 0 Å². The molecule has 132 valence electrons. The van der Waals surface area contributed by atoms with Crippen LogP contribution in [0.15, 0.2) is 102 Å². The van der Waals surface area contributed by atoms with Crippen LogP contribution in [0.5, 0.6) is 0 Å². The van der Waals surface area contributed by atoms with Crippen molar-refractivity contribution in [2.75, 3.05) is 0 Å². The van der Waals surface area contributed by atoms with Gasteiger partial charge in [0.15, 0.2) is 0 Å². The molecule has 0 heterocycles. The number of halogens is 1. The van der Waals surface area contributed by atoms with Gasteiger partial charge in [0.25, 0.3) is 0 Å². The van der Waals surface area contributed by atoms with Crippen molar-refractivity contribution in [2.24, 2.45) is 0 Å². The van der Waals surface area contributed by atoms with E-state index in [1.54, 1.807) is 0 Å². The summed E-state index contributed by atoms with van der Waals surface area (Å²) in [7, 11) is 0. The molecule has 1 heteroatoms. The average molecular weight is 421 g/mol. The highest BCUT2D eigenvalue weighted by atomic mass is 79.9. The molecule has 0 bridgehead atoms. The molecule has 6 rings (SSSR count). The van der Waals surface area contributed by atoms with Crippen LogP contribution in [-0.2, 0) is 0 Å². The first-order valence-electron chi connectivity index (χ1n) is 9.60. The van der Waals surface area contributed by atoms with Gasteiger partial charge >= 0.3 is 0 Å². The van der Waals surface area contributed by atoms with E-state index >= 15 is 0 Å². The highest BCUT2D eigenvalue weighted by Crippen LogP contribution is 2.51. The maximum Gasteiger partial charge on any atom is 0.0364 e. The summed E-state index contributed by atoms with van der Waals surface area (Å²) in [6.07, 6.45) is 0. The zero-order chi connectivity index (χ0) is 18.7. The number of fused-ring (bicyclic) bond motifs is 5. The summed E-state index contributed by atoms with van der Waals surface area (Å²) < 4.78 is 1.13. The second-order valence-electron chi connectivity index (χ2n) is 7.48. The number of rotatable bonds is 1. The normalized spacial score (nSPS) is 15.0. The van der Waals surface area contributed by atoms with E-state index in [4.69, 9.17) is 0 Å². The fourth-order valence-electron chi connectivity index (χ4n) is 4.85. The van der Waals surface area contributed by atoms with Gasteiger partial charge < -0.3 is 0 Å². The topological polar surface area (TPSA) is 0 Å². The van der Waals surface area contributed by atoms with Crippen molar-refractivity contribution in [3.8, 4) is 11.1 Å². The highest BCUT2D eigenvalue weighted by Gasteiger charge is 2.31. The van der Waals surface area contributed by atoms with Gasteiger partial charge in [-0.3, -0.25) is 0 Å². The van der Waals surface area contributed by atoms with Crippen molar-refractivity contribution >= 4 is 37.5 Å². The van der Waals surface area contributed by atoms with Gasteiger partial charge in [0.1, 0.15) is 0 Å². The Morgan fingerprint density at radius 2 is 1.14 bits per heavy atom. The van der Waals surface area contributed by atoms with Gasteiger partial charge in [0.05, 0.1) is 0 Å². The van der Waals surface area contributed by atoms with Crippen LogP contribution in [0.25, 0.3) is 32.7 Å². The number of hydrogen-bond acceptors (Lipinski definition) is 0. The second kappa shape index (κ2) is 6.05. The molecule has 28 heavy (non-hydrogen) atoms. The van der Waals surface area contributed by atoms with Crippen LogP contribution in [0.4, 0.5) is 0 Å². The summed E-state index contributed by atoms with van der Waals surface area (Å²) in [6.45, 7) is 0. The third-order valence-corrected chi connectivity index (χ3v) is 6.48. The smallest absolute Gasteiger partial charge is 0.0364 e. The molecular formula is C27H17Br.